The zero-order valence-electron chi connectivity index (χ0n) is 20.9. The van der Waals surface area contributed by atoms with Crippen LogP contribution in [0, 0.1) is 34.0 Å². The van der Waals surface area contributed by atoms with Crippen molar-refractivity contribution in [3.63, 3.8) is 0 Å². The standard InChI is InChI=1S/C29H34O7/c1-16-18-10-11-19-27-15-35-29(34,24(33)22(27)26(2,3)14-13-20(27)30)28(19,23(16)32)25(18)36-21(31)12-9-17-7-5-4-6-8-17/h4-8,18-19,22,24-25,33-34H,1,9-15H2,2-3H3/t18-,19-,22+,24-,25+,27+,28-,29+/m0/s1. The molecule has 7 heteroatoms. The van der Waals surface area contributed by atoms with Crippen LogP contribution < -0.4 is 0 Å². The van der Waals surface area contributed by atoms with Crippen LogP contribution in [0.15, 0.2) is 42.5 Å². The van der Waals surface area contributed by atoms with E-state index in [0.29, 0.717) is 32.1 Å². The average Bonchev–Trinajstić information content (AvgIpc) is 2.96. The molecule has 7 rings (SSSR count). The van der Waals surface area contributed by atoms with Crippen molar-refractivity contribution in [2.24, 2.45) is 34.0 Å². The van der Waals surface area contributed by atoms with Crippen LogP contribution in [0.5, 0.6) is 0 Å². The first kappa shape index (κ1) is 24.0. The van der Waals surface area contributed by atoms with Crippen molar-refractivity contribution in [1.82, 2.24) is 0 Å². The summed E-state index contributed by atoms with van der Waals surface area (Å²) in [6.07, 6.45) is 0.0279. The fraction of sp³-hybridized carbons (Fsp3) is 0.621. The molecule has 0 amide bonds. The van der Waals surface area contributed by atoms with Gasteiger partial charge in [-0.25, -0.2) is 0 Å². The maximum absolute atomic E-state index is 14.0. The van der Waals surface area contributed by atoms with Crippen molar-refractivity contribution >= 4 is 17.5 Å². The van der Waals surface area contributed by atoms with E-state index in [1.54, 1.807) is 0 Å². The zero-order valence-corrected chi connectivity index (χ0v) is 20.9. The Morgan fingerprint density at radius 2 is 1.92 bits per heavy atom. The minimum Gasteiger partial charge on any atom is -0.460 e. The minimum absolute atomic E-state index is 0.0325. The Labute approximate surface area is 210 Å². The van der Waals surface area contributed by atoms with Gasteiger partial charge in [-0.05, 0) is 48.2 Å². The first-order valence-electron chi connectivity index (χ1n) is 13.1. The molecule has 2 spiro atoms. The second-order valence-electron chi connectivity index (χ2n) is 12.2. The van der Waals surface area contributed by atoms with Crippen molar-refractivity contribution in [2.75, 3.05) is 6.61 Å². The third-order valence-electron chi connectivity index (χ3n) is 10.3. The average molecular weight is 495 g/mol. The quantitative estimate of drug-likeness (QED) is 0.489. The Balaban J connectivity index is 1.43. The highest BCUT2D eigenvalue weighted by Crippen LogP contribution is 2.76. The molecule has 0 aromatic heterocycles. The van der Waals surface area contributed by atoms with Gasteiger partial charge in [0.25, 0.3) is 0 Å². The number of fused-ring (bicyclic) bond motifs is 2. The van der Waals surface area contributed by atoms with Gasteiger partial charge in [-0.15, -0.1) is 0 Å². The first-order chi connectivity index (χ1) is 17.0. The van der Waals surface area contributed by atoms with Gasteiger partial charge in [0.15, 0.2) is 5.78 Å². The summed E-state index contributed by atoms with van der Waals surface area (Å²) in [5.74, 6) is -4.86. The molecule has 4 saturated carbocycles. The van der Waals surface area contributed by atoms with Gasteiger partial charge in [-0.3, -0.25) is 14.4 Å². The number of aryl methyl sites for hydroxylation is 1. The molecule has 4 aliphatic carbocycles. The molecule has 4 bridgehead atoms. The van der Waals surface area contributed by atoms with Crippen LogP contribution in [0.25, 0.3) is 0 Å². The van der Waals surface area contributed by atoms with E-state index in [2.05, 4.69) is 6.58 Å². The summed E-state index contributed by atoms with van der Waals surface area (Å²) < 4.78 is 12.0. The lowest BCUT2D eigenvalue weighted by atomic mass is 9.36. The minimum atomic E-state index is -2.27. The number of esters is 1. The van der Waals surface area contributed by atoms with Crippen molar-refractivity contribution < 1.29 is 34.1 Å². The van der Waals surface area contributed by atoms with E-state index in [4.69, 9.17) is 9.47 Å². The third-order valence-corrected chi connectivity index (χ3v) is 10.3. The molecule has 36 heavy (non-hydrogen) atoms. The lowest BCUT2D eigenvalue weighted by Gasteiger charge is -2.72. The van der Waals surface area contributed by atoms with E-state index in [0.717, 1.165) is 5.56 Å². The second kappa shape index (κ2) is 7.59. The SMILES string of the molecule is C=C1C(=O)[C@]23[C@H](OC(=O)CCc4ccccc4)[C@H]1CC[C@H]2[C@@]12CO[C@]3(O)[C@@H](O)[C@@H]1C(C)(C)CCC2=O. The molecule has 2 saturated heterocycles. The highest BCUT2D eigenvalue weighted by Gasteiger charge is 2.88. The number of rotatable bonds is 4. The zero-order chi connectivity index (χ0) is 25.7. The van der Waals surface area contributed by atoms with Gasteiger partial charge < -0.3 is 19.7 Å². The summed E-state index contributed by atoms with van der Waals surface area (Å²) >= 11 is 0. The number of aliphatic hydroxyl groups excluding tert-OH is 1. The summed E-state index contributed by atoms with van der Waals surface area (Å²) in [7, 11) is 0. The number of ketones is 2. The van der Waals surface area contributed by atoms with Crippen LogP contribution in [0.1, 0.15) is 51.5 Å². The maximum atomic E-state index is 14.0. The largest absolute Gasteiger partial charge is 0.460 e. The Kier molecular flexibility index (Phi) is 5.06. The van der Waals surface area contributed by atoms with Crippen molar-refractivity contribution in [1.29, 1.82) is 0 Å². The van der Waals surface area contributed by atoms with E-state index in [9.17, 15) is 24.6 Å². The highest BCUT2D eigenvalue weighted by molar-refractivity contribution is 6.06. The molecule has 1 aromatic carbocycles. The van der Waals surface area contributed by atoms with E-state index < -0.39 is 63.7 Å². The summed E-state index contributed by atoms with van der Waals surface area (Å²) in [6, 6.07) is 9.57. The Hall–Kier alpha value is -2.35. The fourth-order valence-electron chi connectivity index (χ4n) is 8.86. The van der Waals surface area contributed by atoms with Gasteiger partial charge in [0.05, 0.1) is 12.0 Å². The molecule has 0 unspecified atom stereocenters. The van der Waals surface area contributed by atoms with Crippen molar-refractivity contribution in [3.05, 3.63) is 48.0 Å². The number of benzene rings is 1. The van der Waals surface area contributed by atoms with Crippen LogP contribution in [-0.2, 0) is 30.3 Å². The Bertz CT molecular complexity index is 1160. The highest BCUT2D eigenvalue weighted by atomic mass is 16.6. The number of carbonyl (C=O) groups excluding carboxylic acids is 3. The van der Waals surface area contributed by atoms with Crippen LogP contribution in [-0.4, -0.2) is 52.4 Å². The topological polar surface area (TPSA) is 110 Å². The molecule has 7 nitrogen and oxygen atoms in total. The van der Waals surface area contributed by atoms with Gasteiger partial charge in [0, 0.05) is 24.7 Å². The number of carbonyl (C=O) groups is 3. The summed E-state index contributed by atoms with van der Waals surface area (Å²) in [4.78, 5) is 40.9. The van der Waals surface area contributed by atoms with Gasteiger partial charge in [0.1, 0.15) is 23.4 Å². The lowest BCUT2D eigenvalue weighted by Crippen LogP contribution is -2.85. The summed E-state index contributed by atoms with van der Waals surface area (Å²) in [5.41, 5.74) is -2.03. The first-order valence-corrected chi connectivity index (χ1v) is 13.1. The molecular formula is C29H34O7. The monoisotopic (exact) mass is 494 g/mol. The van der Waals surface area contributed by atoms with E-state index in [-0.39, 0.29) is 24.4 Å². The number of ether oxygens (including phenoxy) is 2. The summed E-state index contributed by atoms with van der Waals surface area (Å²) in [6.45, 7) is 8.00. The fourth-order valence-corrected chi connectivity index (χ4v) is 8.86. The van der Waals surface area contributed by atoms with Gasteiger partial charge >= 0.3 is 5.97 Å². The number of Topliss-reactive ketones (excluding diaryl/α,β-unsaturated/α-hetero) is 2. The smallest absolute Gasteiger partial charge is 0.306 e. The maximum Gasteiger partial charge on any atom is 0.306 e. The second-order valence-corrected chi connectivity index (χ2v) is 12.2. The number of hydrogen-bond donors (Lipinski definition) is 2. The number of aliphatic hydroxyl groups is 2. The molecule has 2 N–H and O–H groups in total. The van der Waals surface area contributed by atoms with E-state index in [1.807, 2.05) is 44.2 Å². The third kappa shape index (κ3) is 2.66. The molecule has 6 fully saturated rings. The predicted octanol–water partition coefficient (Wildman–Crippen LogP) is 2.77. The van der Waals surface area contributed by atoms with Gasteiger partial charge in [-0.1, -0.05) is 50.8 Å². The molecule has 6 aliphatic rings. The molecule has 1 aromatic rings. The Morgan fingerprint density at radius 3 is 2.64 bits per heavy atom. The molecule has 192 valence electrons. The van der Waals surface area contributed by atoms with E-state index >= 15 is 0 Å². The predicted molar refractivity (Wildman–Crippen MR) is 128 cm³/mol. The van der Waals surface area contributed by atoms with Crippen molar-refractivity contribution in [2.45, 2.75) is 70.4 Å². The van der Waals surface area contributed by atoms with Gasteiger partial charge in [-0.2, -0.15) is 0 Å². The van der Waals surface area contributed by atoms with Gasteiger partial charge in [0.2, 0.25) is 5.79 Å². The number of hydrogen-bond acceptors (Lipinski definition) is 7. The molecule has 0 radical (unpaired) electrons. The molecule has 2 heterocycles. The lowest BCUT2D eigenvalue weighted by molar-refractivity contribution is -0.437. The van der Waals surface area contributed by atoms with Crippen molar-refractivity contribution in [3.8, 4) is 0 Å². The molecule has 2 aliphatic heterocycles. The normalized spacial score (nSPS) is 44.2. The molecular weight excluding hydrogens is 460 g/mol. The van der Waals surface area contributed by atoms with Crippen LogP contribution in [0.4, 0.5) is 0 Å². The van der Waals surface area contributed by atoms with Crippen LogP contribution >= 0.6 is 0 Å². The van der Waals surface area contributed by atoms with Crippen LogP contribution in [0.3, 0.4) is 0 Å². The molecule has 8 atom stereocenters. The van der Waals surface area contributed by atoms with E-state index in [1.165, 1.54) is 0 Å². The Morgan fingerprint density at radius 1 is 1.19 bits per heavy atom. The summed E-state index contributed by atoms with van der Waals surface area (Å²) in [5, 5.41) is 23.9. The van der Waals surface area contributed by atoms with Crippen LogP contribution in [0.2, 0.25) is 0 Å².